The number of carboxylic acid groups (broad SMARTS) is 1. The molecule has 15 heavy (non-hydrogen) atoms. The van der Waals surface area contributed by atoms with Crippen LogP contribution in [0.1, 0.15) is 15.9 Å². The van der Waals surface area contributed by atoms with Gasteiger partial charge in [0.25, 0.3) is 0 Å². The van der Waals surface area contributed by atoms with Crippen LogP contribution in [0, 0.1) is 10.5 Å². The van der Waals surface area contributed by atoms with E-state index in [0.29, 0.717) is 12.4 Å². The van der Waals surface area contributed by atoms with Gasteiger partial charge in [-0.05, 0) is 47.2 Å². The molecule has 0 fully saturated rings. The zero-order valence-electron chi connectivity index (χ0n) is 8.29. The first-order valence-electron chi connectivity index (χ1n) is 4.33. The number of carboxylic acids is 1. The molecule has 0 saturated carbocycles. The van der Waals surface area contributed by atoms with Gasteiger partial charge >= 0.3 is 5.97 Å². The number of hydrogen-bond donors (Lipinski definition) is 1. The van der Waals surface area contributed by atoms with Crippen LogP contribution in [0.5, 0.6) is 5.75 Å². The highest BCUT2D eigenvalue weighted by Crippen LogP contribution is 2.26. The van der Waals surface area contributed by atoms with E-state index in [1.807, 2.05) is 13.0 Å². The number of ether oxygens (including phenoxy) is 1. The molecule has 1 aromatic carbocycles. The summed E-state index contributed by atoms with van der Waals surface area (Å²) in [4.78, 5) is 11.0. The molecule has 80 valence electrons. The second-order valence-corrected chi connectivity index (χ2v) is 4.25. The molecule has 0 amide bonds. The van der Waals surface area contributed by atoms with Crippen LogP contribution in [0.4, 0.5) is 0 Å². The predicted octanol–water partition coefficient (Wildman–Crippen LogP) is 2.86. The second-order valence-electron chi connectivity index (χ2n) is 3.00. The fourth-order valence-corrected chi connectivity index (χ4v) is 2.00. The molecule has 1 N–H and O–H groups in total. The highest BCUT2D eigenvalue weighted by molar-refractivity contribution is 14.1. The highest BCUT2D eigenvalue weighted by atomic mass is 127. The van der Waals surface area contributed by atoms with Gasteiger partial charge in [0.15, 0.2) is 0 Å². The lowest BCUT2D eigenvalue weighted by Crippen LogP contribution is -2.05. The van der Waals surface area contributed by atoms with Crippen LogP contribution in [0.15, 0.2) is 24.8 Å². The van der Waals surface area contributed by atoms with E-state index in [-0.39, 0.29) is 5.56 Å². The summed E-state index contributed by atoms with van der Waals surface area (Å²) in [6, 6.07) is 3.47. The van der Waals surface area contributed by atoms with Gasteiger partial charge < -0.3 is 9.84 Å². The summed E-state index contributed by atoms with van der Waals surface area (Å²) < 4.78 is 6.21. The minimum absolute atomic E-state index is 0.196. The molecule has 0 bridgehead atoms. The van der Waals surface area contributed by atoms with E-state index >= 15 is 0 Å². The quantitative estimate of drug-likeness (QED) is 0.686. The van der Waals surface area contributed by atoms with E-state index in [1.54, 1.807) is 12.1 Å². The number of halogens is 1. The fourth-order valence-electron chi connectivity index (χ4n) is 1.22. The van der Waals surface area contributed by atoms with Crippen molar-refractivity contribution in [3.05, 3.63) is 39.5 Å². The van der Waals surface area contributed by atoms with Crippen LogP contribution in [0.3, 0.4) is 0 Å². The van der Waals surface area contributed by atoms with Gasteiger partial charge in [0.1, 0.15) is 17.9 Å². The van der Waals surface area contributed by atoms with Gasteiger partial charge in [0.2, 0.25) is 0 Å². The summed E-state index contributed by atoms with van der Waals surface area (Å²) in [6.45, 7) is 5.66. The molecule has 1 rings (SSSR count). The zero-order valence-corrected chi connectivity index (χ0v) is 10.4. The van der Waals surface area contributed by atoms with Crippen LogP contribution in [-0.4, -0.2) is 17.7 Å². The average Bonchev–Trinajstić information content (AvgIpc) is 2.15. The maximum Gasteiger partial charge on any atom is 0.339 e. The normalized spacial score (nSPS) is 9.73. The van der Waals surface area contributed by atoms with E-state index < -0.39 is 5.97 Å². The Balaban J connectivity index is 3.20. The maximum atomic E-state index is 11.0. The van der Waals surface area contributed by atoms with Crippen molar-refractivity contribution in [3.63, 3.8) is 0 Å². The molecule has 0 heterocycles. The first-order chi connectivity index (χ1) is 7.06. The third kappa shape index (κ3) is 2.95. The molecule has 3 nitrogen and oxygen atoms in total. The van der Waals surface area contributed by atoms with E-state index in [1.165, 1.54) is 0 Å². The molecule has 0 atom stereocenters. The molecular formula is C11H11IO3. The van der Waals surface area contributed by atoms with Crippen molar-refractivity contribution in [1.82, 2.24) is 0 Å². The molecule has 0 aliphatic heterocycles. The van der Waals surface area contributed by atoms with E-state index in [0.717, 1.165) is 9.13 Å². The number of hydrogen-bond acceptors (Lipinski definition) is 2. The number of benzene rings is 1. The van der Waals surface area contributed by atoms with E-state index in [4.69, 9.17) is 9.84 Å². The van der Waals surface area contributed by atoms with Crippen LogP contribution >= 0.6 is 22.6 Å². The molecule has 0 unspecified atom stereocenters. The predicted molar refractivity (Wildman–Crippen MR) is 66.5 cm³/mol. The molecule has 0 spiro atoms. The van der Waals surface area contributed by atoms with Crippen molar-refractivity contribution in [1.29, 1.82) is 0 Å². The van der Waals surface area contributed by atoms with Gasteiger partial charge in [-0.1, -0.05) is 12.7 Å². The lowest BCUT2D eigenvalue weighted by Gasteiger charge is -2.10. The molecule has 0 saturated heterocycles. The smallest absolute Gasteiger partial charge is 0.339 e. The summed E-state index contributed by atoms with van der Waals surface area (Å²) in [6.07, 6.45) is 1.59. The second kappa shape index (κ2) is 5.16. The molecule has 0 aliphatic rings. The first-order valence-corrected chi connectivity index (χ1v) is 5.41. The van der Waals surface area contributed by atoms with E-state index in [2.05, 4.69) is 29.2 Å². The molecule has 0 radical (unpaired) electrons. The van der Waals surface area contributed by atoms with Crippen molar-refractivity contribution in [3.8, 4) is 5.75 Å². The Morgan fingerprint density at radius 3 is 2.87 bits per heavy atom. The van der Waals surface area contributed by atoms with Crippen molar-refractivity contribution >= 4 is 28.6 Å². The summed E-state index contributed by atoms with van der Waals surface area (Å²) in [5.41, 5.74) is 1.02. The molecule has 0 aliphatic carbocycles. The standard InChI is InChI=1S/C11H11IO3/c1-3-4-15-10-7(2)5-8(12)6-9(10)11(13)14/h3,5-6H,1,4H2,2H3,(H,13,14). The number of rotatable bonds is 4. The molecule has 1 aromatic rings. The van der Waals surface area contributed by atoms with Gasteiger partial charge in [0.05, 0.1) is 0 Å². The van der Waals surface area contributed by atoms with Crippen LogP contribution < -0.4 is 4.74 Å². The monoisotopic (exact) mass is 318 g/mol. The Morgan fingerprint density at radius 2 is 2.33 bits per heavy atom. The third-order valence-corrected chi connectivity index (χ3v) is 2.44. The Hall–Kier alpha value is -1.04. The van der Waals surface area contributed by atoms with Gasteiger partial charge in [-0.25, -0.2) is 4.79 Å². The Labute approximate surface area is 102 Å². The highest BCUT2D eigenvalue weighted by Gasteiger charge is 2.14. The lowest BCUT2D eigenvalue weighted by atomic mass is 10.1. The topological polar surface area (TPSA) is 46.5 Å². The molecular weight excluding hydrogens is 307 g/mol. The van der Waals surface area contributed by atoms with E-state index in [9.17, 15) is 4.79 Å². The fraction of sp³-hybridized carbons (Fsp3) is 0.182. The SMILES string of the molecule is C=CCOc1c(C)cc(I)cc1C(=O)O. The van der Waals surface area contributed by atoms with Gasteiger partial charge in [-0.15, -0.1) is 0 Å². The minimum atomic E-state index is -0.976. The number of aromatic carboxylic acids is 1. The average molecular weight is 318 g/mol. The van der Waals surface area contributed by atoms with Crippen LogP contribution in [-0.2, 0) is 0 Å². The third-order valence-electron chi connectivity index (χ3n) is 1.82. The van der Waals surface area contributed by atoms with Crippen LogP contribution in [0.25, 0.3) is 0 Å². The molecule has 4 heteroatoms. The largest absolute Gasteiger partial charge is 0.488 e. The van der Waals surface area contributed by atoms with Gasteiger partial charge in [0, 0.05) is 3.57 Å². The number of carbonyl (C=O) groups is 1. The summed E-state index contributed by atoms with van der Waals surface area (Å²) in [7, 11) is 0. The minimum Gasteiger partial charge on any atom is -0.488 e. The lowest BCUT2D eigenvalue weighted by molar-refractivity contribution is 0.0692. The van der Waals surface area contributed by atoms with Gasteiger partial charge in [-0.2, -0.15) is 0 Å². The van der Waals surface area contributed by atoms with Crippen LogP contribution in [0.2, 0.25) is 0 Å². The Morgan fingerprint density at radius 1 is 1.67 bits per heavy atom. The first kappa shape index (κ1) is 12.0. The van der Waals surface area contributed by atoms with Crippen molar-refractivity contribution < 1.29 is 14.6 Å². The maximum absolute atomic E-state index is 11.0. The number of aryl methyl sites for hydroxylation is 1. The van der Waals surface area contributed by atoms with Crippen molar-refractivity contribution in [2.45, 2.75) is 6.92 Å². The van der Waals surface area contributed by atoms with Crippen molar-refractivity contribution in [2.75, 3.05) is 6.61 Å². The zero-order chi connectivity index (χ0) is 11.4. The Bertz CT molecular complexity index is 399. The van der Waals surface area contributed by atoms with Gasteiger partial charge in [-0.3, -0.25) is 0 Å². The summed E-state index contributed by atoms with van der Waals surface area (Å²) >= 11 is 2.08. The van der Waals surface area contributed by atoms with Crippen molar-refractivity contribution in [2.24, 2.45) is 0 Å². The Kier molecular flexibility index (Phi) is 4.14. The molecule has 0 aromatic heterocycles. The summed E-state index contributed by atoms with van der Waals surface area (Å²) in [5.74, 6) is -0.557. The summed E-state index contributed by atoms with van der Waals surface area (Å²) in [5, 5.41) is 9.00.